The Bertz CT molecular complexity index is 1130. The highest BCUT2D eigenvalue weighted by Crippen LogP contribution is 2.33. The Morgan fingerprint density at radius 2 is 1.69 bits per heavy atom. The Morgan fingerprint density at radius 3 is 2.28 bits per heavy atom. The van der Waals surface area contributed by atoms with Crippen molar-refractivity contribution in [3.8, 4) is 6.07 Å². The standard InChI is InChI=1S/C20H17F4N3O4S/c21-17-14(7-4-8-15(17)20(22,23)24)12-32(30,31)16(19(29)26-10-9-25)11-27-18(28)13-5-2-1-3-6-13/h1-8,16H,10-12H2,(H,26,29)(H,27,28). The van der Waals surface area contributed by atoms with Crippen LogP contribution in [0.25, 0.3) is 0 Å². The minimum Gasteiger partial charge on any atom is -0.350 e. The first-order chi connectivity index (χ1) is 15.0. The molecular weight excluding hydrogens is 454 g/mol. The molecule has 12 heteroatoms. The molecule has 0 bridgehead atoms. The monoisotopic (exact) mass is 471 g/mol. The summed E-state index contributed by atoms with van der Waals surface area (Å²) in [7, 11) is -4.61. The number of hydrogen-bond donors (Lipinski definition) is 2. The van der Waals surface area contributed by atoms with Crippen LogP contribution in [-0.4, -0.2) is 38.6 Å². The SMILES string of the molecule is N#CCNC(=O)C(CNC(=O)c1ccccc1)S(=O)(=O)Cc1cccc(C(F)(F)F)c1F. The maximum Gasteiger partial charge on any atom is 0.419 e. The lowest BCUT2D eigenvalue weighted by atomic mass is 10.1. The van der Waals surface area contributed by atoms with Gasteiger partial charge in [-0.05, 0) is 18.2 Å². The van der Waals surface area contributed by atoms with Crippen LogP contribution in [0.4, 0.5) is 17.6 Å². The number of hydrogen-bond acceptors (Lipinski definition) is 5. The summed E-state index contributed by atoms with van der Waals surface area (Å²) in [5.74, 6) is -4.86. The molecule has 0 heterocycles. The van der Waals surface area contributed by atoms with Crippen molar-refractivity contribution >= 4 is 21.7 Å². The van der Waals surface area contributed by atoms with Gasteiger partial charge in [0.15, 0.2) is 15.1 Å². The van der Waals surface area contributed by atoms with Crippen LogP contribution >= 0.6 is 0 Å². The highest BCUT2D eigenvalue weighted by atomic mass is 32.2. The number of nitrogens with one attached hydrogen (secondary N) is 2. The number of rotatable bonds is 8. The molecule has 0 aromatic heterocycles. The highest BCUT2D eigenvalue weighted by Gasteiger charge is 2.37. The molecule has 7 nitrogen and oxygen atoms in total. The van der Waals surface area contributed by atoms with Crippen molar-refractivity contribution in [2.45, 2.75) is 17.2 Å². The van der Waals surface area contributed by atoms with Crippen LogP contribution in [0.5, 0.6) is 0 Å². The maximum atomic E-state index is 14.3. The lowest BCUT2D eigenvalue weighted by Gasteiger charge is -2.18. The van der Waals surface area contributed by atoms with Gasteiger partial charge >= 0.3 is 6.18 Å². The van der Waals surface area contributed by atoms with Crippen LogP contribution < -0.4 is 10.6 Å². The van der Waals surface area contributed by atoms with Crippen LogP contribution in [0.1, 0.15) is 21.5 Å². The van der Waals surface area contributed by atoms with Gasteiger partial charge in [0.05, 0.1) is 17.4 Å². The van der Waals surface area contributed by atoms with Gasteiger partial charge in [-0.2, -0.15) is 18.4 Å². The molecule has 0 aliphatic rings. The van der Waals surface area contributed by atoms with Crippen LogP contribution in [0.3, 0.4) is 0 Å². The van der Waals surface area contributed by atoms with Gasteiger partial charge in [-0.25, -0.2) is 12.8 Å². The first kappa shape index (κ1) is 24.8. The van der Waals surface area contributed by atoms with E-state index >= 15 is 0 Å². The van der Waals surface area contributed by atoms with Crippen LogP contribution in [-0.2, 0) is 26.6 Å². The van der Waals surface area contributed by atoms with Crippen molar-refractivity contribution in [1.82, 2.24) is 10.6 Å². The van der Waals surface area contributed by atoms with Gasteiger partial charge in [-0.1, -0.05) is 30.3 Å². The Kier molecular flexibility index (Phi) is 7.93. The highest BCUT2D eigenvalue weighted by molar-refractivity contribution is 7.92. The Labute approximate surface area is 181 Å². The van der Waals surface area contributed by atoms with E-state index < -0.39 is 68.9 Å². The van der Waals surface area contributed by atoms with E-state index in [1.807, 2.05) is 5.32 Å². The van der Waals surface area contributed by atoms with Crippen molar-refractivity contribution in [3.63, 3.8) is 0 Å². The van der Waals surface area contributed by atoms with Crippen LogP contribution in [0.15, 0.2) is 48.5 Å². The van der Waals surface area contributed by atoms with Crippen molar-refractivity contribution in [2.75, 3.05) is 13.1 Å². The molecule has 2 rings (SSSR count). The molecular formula is C20H17F4N3O4S. The third kappa shape index (κ3) is 6.27. The molecule has 0 fully saturated rings. The summed E-state index contributed by atoms with van der Waals surface area (Å²) >= 11 is 0. The molecule has 0 radical (unpaired) electrons. The fourth-order valence-electron chi connectivity index (χ4n) is 2.73. The lowest BCUT2D eigenvalue weighted by molar-refractivity contribution is -0.140. The summed E-state index contributed by atoms with van der Waals surface area (Å²) < 4.78 is 78.7. The summed E-state index contributed by atoms with van der Waals surface area (Å²) in [5, 5.41) is 10.9. The second-order valence-electron chi connectivity index (χ2n) is 6.52. The van der Waals surface area contributed by atoms with E-state index in [1.165, 1.54) is 12.1 Å². The quantitative estimate of drug-likeness (QED) is 0.452. The largest absolute Gasteiger partial charge is 0.419 e. The average molecular weight is 471 g/mol. The fraction of sp³-hybridized carbons (Fsp3) is 0.250. The summed E-state index contributed by atoms with van der Waals surface area (Å²) in [6.07, 6.45) is -5.04. The number of nitrogens with zero attached hydrogens (tertiary/aromatic N) is 1. The second-order valence-corrected chi connectivity index (χ2v) is 8.71. The van der Waals surface area contributed by atoms with Gasteiger partial charge in [0.25, 0.3) is 5.91 Å². The molecule has 1 atom stereocenters. The molecule has 0 aliphatic carbocycles. The molecule has 2 aromatic carbocycles. The smallest absolute Gasteiger partial charge is 0.350 e. The topological polar surface area (TPSA) is 116 Å². The number of amides is 2. The van der Waals surface area contributed by atoms with E-state index in [0.717, 1.165) is 12.1 Å². The van der Waals surface area contributed by atoms with E-state index in [0.29, 0.717) is 6.07 Å². The number of alkyl halides is 3. The van der Waals surface area contributed by atoms with Crippen LogP contribution in [0, 0.1) is 17.1 Å². The molecule has 170 valence electrons. The Balaban J connectivity index is 2.31. The second kappa shape index (κ2) is 10.2. The predicted octanol–water partition coefficient (Wildman–Crippen LogP) is 2.20. The van der Waals surface area contributed by atoms with Gasteiger partial charge in [-0.3, -0.25) is 9.59 Å². The first-order valence-corrected chi connectivity index (χ1v) is 10.7. The Morgan fingerprint density at radius 1 is 1.03 bits per heavy atom. The summed E-state index contributed by atoms with van der Waals surface area (Å²) in [4.78, 5) is 24.5. The van der Waals surface area contributed by atoms with Gasteiger partial charge in [0.1, 0.15) is 12.4 Å². The zero-order chi connectivity index (χ0) is 23.9. The Hall–Kier alpha value is -3.46. The molecule has 1 unspecified atom stereocenters. The van der Waals surface area contributed by atoms with Crippen molar-refractivity contribution in [1.29, 1.82) is 5.26 Å². The van der Waals surface area contributed by atoms with E-state index in [4.69, 9.17) is 5.26 Å². The normalized spacial score (nSPS) is 12.5. The van der Waals surface area contributed by atoms with Gasteiger partial charge in [0, 0.05) is 17.7 Å². The third-order valence-electron chi connectivity index (χ3n) is 4.29. The van der Waals surface area contributed by atoms with E-state index in [1.54, 1.807) is 24.3 Å². The third-order valence-corrected chi connectivity index (χ3v) is 6.25. The van der Waals surface area contributed by atoms with E-state index in [9.17, 15) is 35.6 Å². The summed E-state index contributed by atoms with van der Waals surface area (Å²) in [6, 6.07) is 11.4. The lowest BCUT2D eigenvalue weighted by Crippen LogP contribution is -2.47. The van der Waals surface area contributed by atoms with Crippen molar-refractivity contribution in [2.24, 2.45) is 0 Å². The molecule has 0 saturated heterocycles. The number of benzene rings is 2. The molecule has 32 heavy (non-hydrogen) atoms. The maximum absolute atomic E-state index is 14.3. The molecule has 0 saturated carbocycles. The number of sulfone groups is 1. The zero-order valence-corrected chi connectivity index (χ0v) is 17.1. The number of nitriles is 1. The van der Waals surface area contributed by atoms with Crippen LogP contribution in [0.2, 0.25) is 0 Å². The average Bonchev–Trinajstić information content (AvgIpc) is 2.73. The van der Waals surface area contributed by atoms with Gasteiger partial charge < -0.3 is 10.6 Å². The number of carbonyl (C=O) groups excluding carboxylic acids is 2. The zero-order valence-electron chi connectivity index (χ0n) is 16.3. The summed E-state index contributed by atoms with van der Waals surface area (Å²) in [5.41, 5.74) is -2.26. The molecule has 2 aromatic rings. The minimum absolute atomic E-state index is 0.171. The fourth-order valence-corrected chi connectivity index (χ4v) is 4.33. The van der Waals surface area contributed by atoms with Gasteiger partial charge in [0.2, 0.25) is 5.91 Å². The van der Waals surface area contributed by atoms with E-state index in [-0.39, 0.29) is 5.56 Å². The van der Waals surface area contributed by atoms with Crippen molar-refractivity contribution < 1.29 is 35.6 Å². The molecule has 0 spiro atoms. The number of carbonyl (C=O) groups is 2. The number of halogens is 4. The first-order valence-electron chi connectivity index (χ1n) is 9.01. The molecule has 0 aliphatic heterocycles. The minimum atomic E-state index is -5.04. The van der Waals surface area contributed by atoms with Gasteiger partial charge in [-0.15, -0.1) is 0 Å². The van der Waals surface area contributed by atoms with Crippen molar-refractivity contribution in [3.05, 3.63) is 71.0 Å². The molecule has 2 N–H and O–H groups in total. The predicted molar refractivity (Wildman–Crippen MR) is 105 cm³/mol. The summed E-state index contributed by atoms with van der Waals surface area (Å²) in [6.45, 7) is -1.29. The molecule has 2 amide bonds. The van der Waals surface area contributed by atoms with E-state index in [2.05, 4.69) is 5.32 Å².